The Morgan fingerprint density at radius 2 is 1.70 bits per heavy atom. The van der Waals surface area contributed by atoms with E-state index in [1.54, 1.807) is 0 Å². The molecule has 3 nitrogen and oxygen atoms in total. The predicted octanol–water partition coefficient (Wildman–Crippen LogP) is 4.90. The number of para-hydroxylation sites is 1. The first-order valence-corrected chi connectivity index (χ1v) is 10.1. The molecule has 3 rings (SSSR count). The molecule has 1 heterocycles. The van der Waals surface area contributed by atoms with Crippen molar-refractivity contribution in [1.29, 1.82) is 0 Å². The van der Waals surface area contributed by atoms with E-state index >= 15 is 0 Å². The average molecular weight is 363 g/mol. The maximum Gasteiger partial charge on any atom is 0.226 e. The normalized spacial score (nSPS) is 16.3. The molecule has 27 heavy (non-hydrogen) atoms. The van der Waals surface area contributed by atoms with E-state index < -0.39 is 0 Å². The third kappa shape index (κ3) is 5.30. The monoisotopic (exact) mass is 362 g/mol. The lowest BCUT2D eigenvalue weighted by atomic mass is 9.86. The molecule has 142 valence electrons. The fourth-order valence-corrected chi connectivity index (χ4v) is 3.92. The smallest absolute Gasteiger partial charge is 0.226 e. The summed E-state index contributed by atoms with van der Waals surface area (Å²) in [5.41, 5.74) is 2.22. The molecule has 1 unspecified atom stereocenters. The summed E-state index contributed by atoms with van der Waals surface area (Å²) in [7, 11) is 0. The van der Waals surface area contributed by atoms with Gasteiger partial charge in [-0.15, -0.1) is 0 Å². The molecule has 3 heteroatoms. The molecule has 2 aromatic carbocycles. The van der Waals surface area contributed by atoms with Gasteiger partial charge in [-0.25, -0.2) is 0 Å². The van der Waals surface area contributed by atoms with Crippen LogP contribution in [0.1, 0.15) is 38.2 Å². The van der Waals surface area contributed by atoms with E-state index in [1.165, 1.54) is 5.56 Å². The molecule has 1 aliphatic heterocycles. The zero-order chi connectivity index (χ0) is 18.9. The predicted molar refractivity (Wildman–Crippen MR) is 114 cm³/mol. The summed E-state index contributed by atoms with van der Waals surface area (Å²) >= 11 is 0. The highest BCUT2D eigenvalue weighted by Crippen LogP contribution is 2.29. The van der Waals surface area contributed by atoms with Crippen LogP contribution in [-0.4, -0.2) is 25.0 Å². The van der Waals surface area contributed by atoms with Crippen molar-refractivity contribution in [1.82, 2.24) is 5.32 Å². The number of benzene rings is 2. The van der Waals surface area contributed by atoms with Gasteiger partial charge in [0, 0.05) is 18.2 Å². The highest BCUT2D eigenvalue weighted by atomic mass is 16.2. The molecule has 0 saturated carbocycles. The molecule has 1 saturated heterocycles. The lowest BCUT2D eigenvalue weighted by molar-refractivity contribution is -0.119. The van der Waals surface area contributed by atoms with Crippen molar-refractivity contribution in [2.24, 2.45) is 5.92 Å². The highest BCUT2D eigenvalue weighted by Gasteiger charge is 2.31. The number of hydrogen-bond acceptors (Lipinski definition) is 2. The third-order valence-electron chi connectivity index (χ3n) is 5.35. The number of nitrogens with zero attached hydrogens (tertiary/aromatic N) is 1. The fraction of sp³-hybridized carbons (Fsp3) is 0.375. The number of hydrogen-bond donors (Lipinski definition) is 1. The Labute approximate surface area is 163 Å². The second-order valence-electron chi connectivity index (χ2n) is 7.16. The van der Waals surface area contributed by atoms with Gasteiger partial charge >= 0.3 is 0 Å². The van der Waals surface area contributed by atoms with Gasteiger partial charge in [0.05, 0.1) is 0 Å². The standard InChI is InChI=1S/C24H30N2O/c1-2-24(27)26(22-13-7-4-8-14-22)23(21-16-18-25-19-17-21)15-9-12-20-10-5-3-6-11-20/h3-14,21,23,25H,2,15-19H2,1H3. The first kappa shape index (κ1) is 19.4. The molecular formula is C24H30N2O. The third-order valence-corrected chi connectivity index (χ3v) is 5.35. The molecular weight excluding hydrogens is 332 g/mol. The van der Waals surface area contributed by atoms with E-state index in [2.05, 4.69) is 58.8 Å². The summed E-state index contributed by atoms with van der Waals surface area (Å²) in [6, 6.07) is 20.7. The molecule has 1 amide bonds. The molecule has 0 aromatic heterocycles. The maximum absolute atomic E-state index is 12.9. The van der Waals surface area contributed by atoms with Crippen molar-refractivity contribution in [3.05, 3.63) is 72.3 Å². The van der Waals surface area contributed by atoms with E-state index in [0.29, 0.717) is 12.3 Å². The van der Waals surface area contributed by atoms with E-state index in [0.717, 1.165) is 38.0 Å². The number of nitrogens with one attached hydrogen (secondary N) is 1. The van der Waals surface area contributed by atoms with Crippen LogP contribution in [0.2, 0.25) is 0 Å². The largest absolute Gasteiger partial charge is 0.317 e. The zero-order valence-electron chi connectivity index (χ0n) is 16.2. The first-order valence-electron chi connectivity index (χ1n) is 10.1. The molecule has 1 N–H and O–H groups in total. The minimum Gasteiger partial charge on any atom is -0.317 e. The van der Waals surface area contributed by atoms with Crippen LogP contribution >= 0.6 is 0 Å². The van der Waals surface area contributed by atoms with E-state index in [4.69, 9.17) is 0 Å². The van der Waals surface area contributed by atoms with Gasteiger partial charge in [0.1, 0.15) is 0 Å². The Kier molecular flexibility index (Phi) is 7.23. The van der Waals surface area contributed by atoms with Crippen molar-refractivity contribution in [2.45, 2.75) is 38.6 Å². The summed E-state index contributed by atoms with van der Waals surface area (Å²) in [6.45, 7) is 4.02. The van der Waals surface area contributed by atoms with Gasteiger partial charge < -0.3 is 10.2 Å². The fourth-order valence-electron chi connectivity index (χ4n) is 3.92. The molecule has 1 aliphatic rings. The number of rotatable bonds is 7. The van der Waals surface area contributed by atoms with Gasteiger partial charge in [-0.05, 0) is 56.0 Å². The Morgan fingerprint density at radius 1 is 1.07 bits per heavy atom. The van der Waals surface area contributed by atoms with Crippen LogP contribution in [0, 0.1) is 5.92 Å². The van der Waals surface area contributed by atoms with Crippen LogP contribution in [0.25, 0.3) is 6.08 Å². The van der Waals surface area contributed by atoms with Crippen molar-refractivity contribution in [3.63, 3.8) is 0 Å². The van der Waals surface area contributed by atoms with Gasteiger partial charge in [0.25, 0.3) is 0 Å². The summed E-state index contributed by atoms with van der Waals surface area (Å²) in [4.78, 5) is 15.0. The lowest BCUT2D eigenvalue weighted by Crippen LogP contribution is -2.47. The number of amides is 1. The number of carbonyl (C=O) groups is 1. The van der Waals surface area contributed by atoms with Crippen LogP contribution in [0.15, 0.2) is 66.7 Å². The Balaban J connectivity index is 1.86. The molecule has 1 fully saturated rings. The van der Waals surface area contributed by atoms with E-state index in [9.17, 15) is 4.79 Å². The Bertz CT molecular complexity index is 721. The second kappa shape index (κ2) is 10.1. The SMILES string of the molecule is CCC(=O)N(c1ccccc1)C(CC=Cc1ccccc1)C1CCNCC1. The minimum atomic E-state index is 0.196. The number of piperidine rings is 1. The quantitative estimate of drug-likeness (QED) is 0.760. The van der Waals surface area contributed by atoms with Gasteiger partial charge in [0.15, 0.2) is 0 Å². The summed E-state index contributed by atoms with van der Waals surface area (Å²) in [5.74, 6) is 0.722. The van der Waals surface area contributed by atoms with Crippen molar-refractivity contribution >= 4 is 17.7 Å². The molecule has 0 aliphatic carbocycles. The number of carbonyl (C=O) groups excluding carboxylic acids is 1. The Hall–Kier alpha value is -2.39. The van der Waals surface area contributed by atoms with E-state index in [-0.39, 0.29) is 11.9 Å². The van der Waals surface area contributed by atoms with Crippen LogP contribution < -0.4 is 10.2 Å². The maximum atomic E-state index is 12.9. The van der Waals surface area contributed by atoms with Crippen LogP contribution in [-0.2, 0) is 4.79 Å². The van der Waals surface area contributed by atoms with Gasteiger partial charge in [-0.1, -0.05) is 67.6 Å². The van der Waals surface area contributed by atoms with Gasteiger partial charge in [-0.3, -0.25) is 4.79 Å². The van der Waals surface area contributed by atoms with Crippen LogP contribution in [0.3, 0.4) is 0 Å². The summed E-state index contributed by atoms with van der Waals surface area (Å²) in [6.07, 6.45) is 8.04. The second-order valence-corrected chi connectivity index (χ2v) is 7.16. The van der Waals surface area contributed by atoms with E-state index in [1.807, 2.05) is 31.2 Å². The van der Waals surface area contributed by atoms with Crippen molar-refractivity contribution < 1.29 is 4.79 Å². The molecule has 0 bridgehead atoms. The zero-order valence-corrected chi connectivity index (χ0v) is 16.2. The Morgan fingerprint density at radius 3 is 2.33 bits per heavy atom. The summed E-state index contributed by atoms with van der Waals surface area (Å²) in [5, 5.41) is 3.45. The molecule has 0 radical (unpaired) electrons. The van der Waals surface area contributed by atoms with Crippen LogP contribution in [0.4, 0.5) is 5.69 Å². The molecule has 0 spiro atoms. The number of anilines is 1. The topological polar surface area (TPSA) is 32.3 Å². The van der Waals surface area contributed by atoms with Gasteiger partial charge in [0.2, 0.25) is 5.91 Å². The van der Waals surface area contributed by atoms with Crippen molar-refractivity contribution in [3.8, 4) is 0 Å². The highest BCUT2D eigenvalue weighted by molar-refractivity contribution is 5.93. The first-order chi connectivity index (χ1) is 13.3. The average Bonchev–Trinajstić information content (AvgIpc) is 2.75. The van der Waals surface area contributed by atoms with Gasteiger partial charge in [-0.2, -0.15) is 0 Å². The molecule has 2 aromatic rings. The lowest BCUT2D eigenvalue weighted by Gasteiger charge is -2.38. The summed E-state index contributed by atoms with van der Waals surface area (Å²) < 4.78 is 0. The van der Waals surface area contributed by atoms with Crippen molar-refractivity contribution in [2.75, 3.05) is 18.0 Å². The minimum absolute atomic E-state index is 0.196. The van der Waals surface area contributed by atoms with Crippen LogP contribution in [0.5, 0.6) is 0 Å². The molecule has 1 atom stereocenters.